The molecule has 1 unspecified atom stereocenters. The molecule has 0 bridgehead atoms. The van der Waals surface area contributed by atoms with E-state index in [1.165, 1.54) is 70.6 Å². The van der Waals surface area contributed by atoms with Crippen LogP contribution in [-0.2, 0) is 9.53 Å². The minimum Gasteiger partial charge on any atom is -0.356 e. The van der Waals surface area contributed by atoms with E-state index < -0.39 is 0 Å². The maximum Gasteiger partial charge on any atom is 0.221 e. The Morgan fingerprint density at radius 1 is 0.952 bits per heavy atom. The highest BCUT2D eigenvalue weighted by atomic mass is 16.5. The highest BCUT2D eigenvalue weighted by Gasteiger charge is 2.26. The fourth-order valence-electron chi connectivity index (χ4n) is 3.10. The number of ether oxygens (including phenoxy) is 1. The van der Waals surface area contributed by atoms with E-state index in [1.54, 1.807) is 6.92 Å². The molecule has 0 aliphatic carbocycles. The Morgan fingerprint density at radius 3 is 2.00 bits per heavy atom. The molecular formula is C18H35NO2. The van der Waals surface area contributed by atoms with Crippen LogP contribution >= 0.6 is 0 Å². The fourth-order valence-corrected chi connectivity index (χ4v) is 3.10. The van der Waals surface area contributed by atoms with Gasteiger partial charge in [0.15, 0.2) is 0 Å². The molecule has 0 radical (unpaired) electrons. The van der Waals surface area contributed by atoms with Crippen LogP contribution < -0.4 is 0 Å². The summed E-state index contributed by atoms with van der Waals surface area (Å²) < 4.78 is 5.62. The van der Waals surface area contributed by atoms with E-state index >= 15 is 0 Å². The van der Waals surface area contributed by atoms with Crippen molar-refractivity contribution in [2.24, 2.45) is 0 Å². The average Bonchev–Trinajstić information content (AvgIpc) is 2.93. The molecule has 0 aromatic carbocycles. The zero-order valence-corrected chi connectivity index (χ0v) is 14.2. The number of hydrogen-bond donors (Lipinski definition) is 0. The number of carbonyl (C=O) groups excluding carboxylic acids is 1. The molecule has 1 fully saturated rings. The molecular weight excluding hydrogens is 262 g/mol. The van der Waals surface area contributed by atoms with Gasteiger partial charge < -0.3 is 9.64 Å². The first-order valence-corrected chi connectivity index (χ1v) is 9.14. The lowest BCUT2D eigenvalue weighted by Crippen LogP contribution is -2.34. The highest BCUT2D eigenvalue weighted by Crippen LogP contribution is 2.18. The van der Waals surface area contributed by atoms with Gasteiger partial charge >= 0.3 is 0 Å². The van der Waals surface area contributed by atoms with Crippen molar-refractivity contribution >= 4 is 5.91 Å². The van der Waals surface area contributed by atoms with E-state index in [2.05, 4.69) is 6.92 Å². The van der Waals surface area contributed by atoms with Crippen molar-refractivity contribution in [1.82, 2.24) is 4.90 Å². The maximum atomic E-state index is 11.4. The van der Waals surface area contributed by atoms with Gasteiger partial charge in [0.25, 0.3) is 0 Å². The van der Waals surface area contributed by atoms with Crippen LogP contribution in [0.4, 0.5) is 0 Å². The van der Waals surface area contributed by atoms with Crippen LogP contribution in [0.2, 0.25) is 0 Å². The Hall–Kier alpha value is -0.570. The van der Waals surface area contributed by atoms with Crippen molar-refractivity contribution in [3.05, 3.63) is 0 Å². The predicted octanol–water partition coefficient (Wildman–Crippen LogP) is 4.89. The first kappa shape index (κ1) is 18.5. The quantitative estimate of drug-likeness (QED) is 0.480. The molecule has 0 aromatic heterocycles. The molecule has 124 valence electrons. The second-order valence-corrected chi connectivity index (χ2v) is 6.36. The molecule has 1 aliphatic rings. The van der Waals surface area contributed by atoms with Gasteiger partial charge in [-0.2, -0.15) is 0 Å². The van der Waals surface area contributed by atoms with E-state index in [-0.39, 0.29) is 12.1 Å². The highest BCUT2D eigenvalue weighted by molar-refractivity contribution is 5.73. The summed E-state index contributed by atoms with van der Waals surface area (Å²) in [7, 11) is 0. The van der Waals surface area contributed by atoms with E-state index in [9.17, 15) is 4.79 Å². The Bertz CT molecular complexity index is 268. The summed E-state index contributed by atoms with van der Waals surface area (Å²) in [5, 5.41) is 0. The molecule has 0 N–H and O–H groups in total. The molecule has 1 amide bonds. The van der Waals surface area contributed by atoms with Crippen molar-refractivity contribution in [2.45, 2.75) is 97.1 Å². The first-order valence-electron chi connectivity index (χ1n) is 9.14. The van der Waals surface area contributed by atoms with Crippen LogP contribution in [0.1, 0.15) is 90.9 Å². The van der Waals surface area contributed by atoms with Gasteiger partial charge in [0.2, 0.25) is 5.91 Å². The van der Waals surface area contributed by atoms with Crippen LogP contribution in [0.25, 0.3) is 0 Å². The van der Waals surface area contributed by atoms with Gasteiger partial charge in [-0.25, -0.2) is 0 Å². The van der Waals surface area contributed by atoms with E-state index in [1.807, 2.05) is 4.90 Å². The van der Waals surface area contributed by atoms with Crippen molar-refractivity contribution < 1.29 is 9.53 Å². The topological polar surface area (TPSA) is 29.5 Å². The normalized spacial score (nSPS) is 18.4. The lowest BCUT2D eigenvalue weighted by molar-refractivity contribution is -0.133. The molecule has 1 atom stereocenters. The molecule has 1 rings (SSSR count). The lowest BCUT2D eigenvalue weighted by Gasteiger charge is -2.21. The van der Waals surface area contributed by atoms with Crippen LogP contribution in [0.15, 0.2) is 0 Å². The monoisotopic (exact) mass is 297 g/mol. The molecule has 1 aliphatic heterocycles. The zero-order valence-electron chi connectivity index (χ0n) is 14.2. The van der Waals surface area contributed by atoms with Gasteiger partial charge in [-0.3, -0.25) is 4.79 Å². The largest absolute Gasteiger partial charge is 0.356 e. The maximum absolute atomic E-state index is 11.4. The number of carbonyl (C=O) groups is 1. The molecule has 0 saturated carbocycles. The summed E-state index contributed by atoms with van der Waals surface area (Å²) in [6, 6.07) is 0. The van der Waals surface area contributed by atoms with Crippen molar-refractivity contribution in [2.75, 3.05) is 13.2 Å². The molecule has 0 spiro atoms. The first-order chi connectivity index (χ1) is 10.3. The standard InChI is InChI=1S/C18H35NO2/c1-3-4-5-6-7-8-9-10-11-12-13-14-18-19(17(2)20)15-16-21-18/h18H,3-16H2,1-2H3. The number of unbranched alkanes of at least 4 members (excludes halogenated alkanes) is 10. The molecule has 1 saturated heterocycles. The van der Waals surface area contributed by atoms with Gasteiger partial charge in [-0.15, -0.1) is 0 Å². The predicted molar refractivity (Wildman–Crippen MR) is 88.2 cm³/mol. The third-order valence-electron chi connectivity index (χ3n) is 4.45. The summed E-state index contributed by atoms with van der Waals surface area (Å²) in [4.78, 5) is 13.3. The summed E-state index contributed by atoms with van der Waals surface area (Å²) in [6.07, 6.45) is 16.1. The summed E-state index contributed by atoms with van der Waals surface area (Å²) >= 11 is 0. The second kappa shape index (κ2) is 12.0. The van der Waals surface area contributed by atoms with Crippen LogP contribution in [-0.4, -0.2) is 30.2 Å². The van der Waals surface area contributed by atoms with Gasteiger partial charge in [0.05, 0.1) is 6.61 Å². The smallest absolute Gasteiger partial charge is 0.221 e. The van der Waals surface area contributed by atoms with Crippen LogP contribution in [0.5, 0.6) is 0 Å². The minimum atomic E-state index is 0.0565. The van der Waals surface area contributed by atoms with Gasteiger partial charge in [0, 0.05) is 13.5 Å². The molecule has 21 heavy (non-hydrogen) atoms. The lowest BCUT2D eigenvalue weighted by atomic mass is 10.0. The van der Waals surface area contributed by atoms with Crippen molar-refractivity contribution in [3.63, 3.8) is 0 Å². The Kier molecular flexibility index (Phi) is 10.6. The second-order valence-electron chi connectivity index (χ2n) is 6.36. The van der Waals surface area contributed by atoms with Gasteiger partial charge in [0.1, 0.15) is 6.23 Å². The van der Waals surface area contributed by atoms with E-state index in [0.717, 1.165) is 13.0 Å². The third kappa shape index (κ3) is 8.45. The SMILES string of the molecule is CCCCCCCCCCCCCC1OCCN1C(C)=O. The van der Waals surface area contributed by atoms with Gasteiger partial charge in [-0.05, 0) is 12.8 Å². The molecule has 0 aromatic rings. The van der Waals surface area contributed by atoms with Gasteiger partial charge in [-0.1, -0.05) is 71.1 Å². The average molecular weight is 297 g/mol. The fraction of sp³-hybridized carbons (Fsp3) is 0.944. The Morgan fingerprint density at radius 2 is 1.48 bits per heavy atom. The Labute approximate surface area is 131 Å². The number of nitrogens with zero attached hydrogens (tertiary/aromatic N) is 1. The number of rotatable bonds is 12. The molecule has 1 heterocycles. The Balaban J connectivity index is 1.85. The summed E-state index contributed by atoms with van der Waals surface area (Å²) in [6.45, 7) is 5.40. The van der Waals surface area contributed by atoms with E-state index in [4.69, 9.17) is 4.74 Å². The van der Waals surface area contributed by atoms with Crippen LogP contribution in [0, 0.1) is 0 Å². The summed E-state index contributed by atoms with van der Waals surface area (Å²) in [5.74, 6) is 0.153. The van der Waals surface area contributed by atoms with Crippen molar-refractivity contribution in [3.8, 4) is 0 Å². The van der Waals surface area contributed by atoms with E-state index in [0.29, 0.717) is 6.61 Å². The molecule has 3 heteroatoms. The number of amides is 1. The minimum absolute atomic E-state index is 0.0565. The number of hydrogen-bond acceptors (Lipinski definition) is 2. The summed E-state index contributed by atoms with van der Waals surface area (Å²) in [5.41, 5.74) is 0. The van der Waals surface area contributed by atoms with Crippen LogP contribution in [0.3, 0.4) is 0 Å². The zero-order chi connectivity index (χ0) is 15.3. The third-order valence-corrected chi connectivity index (χ3v) is 4.45. The molecule has 3 nitrogen and oxygen atoms in total. The van der Waals surface area contributed by atoms with Crippen molar-refractivity contribution in [1.29, 1.82) is 0 Å².